The maximum Gasteiger partial charge on any atom is 0.0589 e. The molecule has 3 unspecified atom stereocenters. The normalized spacial score (nSPS) is 32.3. The molecule has 78 valence electrons. The lowest BCUT2D eigenvalue weighted by atomic mass is 10.0. The Morgan fingerprint density at radius 2 is 2.31 bits per heavy atom. The van der Waals surface area contributed by atoms with Crippen LogP contribution < -0.4 is 0 Å². The van der Waals surface area contributed by atoms with Crippen LogP contribution in [0.25, 0.3) is 0 Å². The molecule has 0 bridgehead atoms. The molecule has 0 aromatic rings. The molecule has 13 heavy (non-hydrogen) atoms. The number of nitrogens with zero attached hydrogens (tertiary/aromatic N) is 1. The van der Waals surface area contributed by atoms with Crippen LogP contribution in [0.2, 0.25) is 0 Å². The molecule has 0 aliphatic carbocycles. The first-order valence-corrected chi connectivity index (χ1v) is 5.63. The number of alkyl halides is 1. The van der Waals surface area contributed by atoms with Crippen molar-refractivity contribution in [1.82, 2.24) is 4.90 Å². The van der Waals surface area contributed by atoms with Crippen LogP contribution in [0.3, 0.4) is 0 Å². The minimum atomic E-state index is 0.288. The van der Waals surface area contributed by atoms with E-state index >= 15 is 0 Å². The summed E-state index contributed by atoms with van der Waals surface area (Å²) in [6.45, 7) is 6.81. The number of hydrogen-bond acceptors (Lipinski definition) is 2. The number of hydrogen-bond donors (Lipinski definition) is 1. The molecule has 1 saturated heterocycles. The number of rotatable bonds is 4. The zero-order valence-electron chi connectivity index (χ0n) is 8.54. The molecule has 0 radical (unpaired) electrons. The molecule has 0 spiro atoms. The molecular formula is C10H20ClNO. The molecule has 1 aliphatic rings. The van der Waals surface area contributed by atoms with Crippen LogP contribution in [0.15, 0.2) is 0 Å². The van der Waals surface area contributed by atoms with Gasteiger partial charge in [0.2, 0.25) is 0 Å². The highest BCUT2D eigenvalue weighted by Gasteiger charge is 2.30. The van der Waals surface area contributed by atoms with E-state index in [1.807, 2.05) is 0 Å². The molecule has 0 saturated carbocycles. The van der Waals surface area contributed by atoms with E-state index in [2.05, 4.69) is 18.7 Å². The highest BCUT2D eigenvalue weighted by Crippen LogP contribution is 2.24. The van der Waals surface area contributed by atoms with Crippen molar-refractivity contribution in [3.63, 3.8) is 0 Å². The van der Waals surface area contributed by atoms with Gasteiger partial charge in [-0.2, -0.15) is 0 Å². The van der Waals surface area contributed by atoms with Gasteiger partial charge in [0.25, 0.3) is 0 Å². The summed E-state index contributed by atoms with van der Waals surface area (Å²) >= 11 is 5.77. The van der Waals surface area contributed by atoms with Gasteiger partial charge in [0, 0.05) is 18.5 Å². The van der Waals surface area contributed by atoms with Crippen molar-refractivity contribution in [3.8, 4) is 0 Å². The molecule has 1 aliphatic heterocycles. The standard InChI is InChI=1S/C10H20ClNO/c1-8(5-11)6-12-4-3-9(2)10(12)7-13/h8-10,13H,3-7H2,1-2H3. The minimum absolute atomic E-state index is 0.288. The third-order valence-electron chi connectivity index (χ3n) is 2.99. The smallest absolute Gasteiger partial charge is 0.0589 e. The van der Waals surface area contributed by atoms with Gasteiger partial charge in [-0.3, -0.25) is 4.90 Å². The molecule has 0 amide bonds. The summed E-state index contributed by atoms with van der Waals surface area (Å²) in [7, 11) is 0. The molecule has 0 aromatic heterocycles. The second-order valence-electron chi connectivity index (χ2n) is 4.27. The van der Waals surface area contributed by atoms with Gasteiger partial charge in [-0.25, -0.2) is 0 Å². The number of aliphatic hydroxyl groups excluding tert-OH is 1. The Balaban J connectivity index is 2.41. The van der Waals surface area contributed by atoms with Crippen molar-refractivity contribution >= 4 is 11.6 Å². The molecule has 1 heterocycles. The van der Waals surface area contributed by atoms with Gasteiger partial charge in [0.15, 0.2) is 0 Å². The highest BCUT2D eigenvalue weighted by atomic mass is 35.5. The lowest BCUT2D eigenvalue weighted by Crippen LogP contribution is -2.38. The van der Waals surface area contributed by atoms with Gasteiger partial charge < -0.3 is 5.11 Å². The summed E-state index contributed by atoms with van der Waals surface area (Å²) in [6.07, 6.45) is 1.21. The van der Waals surface area contributed by atoms with E-state index in [0.717, 1.165) is 13.1 Å². The van der Waals surface area contributed by atoms with E-state index in [9.17, 15) is 5.11 Å². The van der Waals surface area contributed by atoms with Crippen LogP contribution in [0, 0.1) is 11.8 Å². The van der Waals surface area contributed by atoms with Crippen LogP contribution in [0.4, 0.5) is 0 Å². The molecule has 1 fully saturated rings. The van der Waals surface area contributed by atoms with Crippen LogP contribution >= 0.6 is 11.6 Å². The molecule has 1 rings (SSSR count). The van der Waals surface area contributed by atoms with Crippen molar-refractivity contribution in [2.45, 2.75) is 26.3 Å². The van der Waals surface area contributed by atoms with Gasteiger partial charge in [0.05, 0.1) is 6.61 Å². The zero-order valence-corrected chi connectivity index (χ0v) is 9.30. The largest absolute Gasteiger partial charge is 0.395 e. The first-order valence-electron chi connectivity index (χ1n) is 5.10. The number of halogens is 1. The highest BCUT2D eigenvalue weighted by molar-refractivity contribution is 6.18. The van der Waals surface area contributed by atoms with Crippen LogP contribution in [-0.4, -0.2) is 41.6 Å². The Kier molecular flexibility index (Phi) is 4.50. The Labute approximate surface area is 85.9 Å². The van der Waals surface area contributed by atoms with E-state index in [4.69, 9.17) is 11.6 Å². The SMILES string of the molecule is CC(CCl)CN1CCC(C)C1CO. The summed E-state index contributed by atoms with van der Waals surface area (Å²) in [5.74, 6) is 1.87. The molecule has 2 nitrogen and oxygen atoms in total. The fourth-order valence-electron chi connectivity index (χ4n) is 2.06. The number of aliphatic hydroxyl groups is 1. The first kappa shape index (κ1) is 11.3. The fraction of sp³-hybridized carbons (Fsp3) is 1.00. The predicted octanol–water partition coefficient (Wildman–Crippen LogP) is 1.56. The summed E-state index contributed by atoms with van der Waals surface area (Å²) in [6, 6.07) is 0.366. The van der Waals surface area contributed by atoms with E-state index < -0.39 is 0 Å². The van der Waals surface area contributed by atoms with Gasteiger partial charge in [0.1, 0.15) is 0 Å². The maximum absolute atomic E-state index is 9.22. The molecule has 3 heteroatoms. The molecular weight excluding hydrogens is 186 g/mol. The fourth-order valence-corrected chi connectivity index (χ4v) is 2.16. The Morgan fingerprint density at radius 3 is 2.85 bits per heavy atom. The van der Waals surface area contributed by atoms with Crippen molar-refractivity contribution in [3.05, 3.63) is 0 Å². The third kappa shape index (κ3) is 2.83. The van der Waals surface area contributed by atoms with Gasteiger partial charge in [-0.1, -0.05) is 13.8 Å². The maximum atomic E-state index is 9.22. The predicted molar refractivity (Wildman–Crippen MR) is 56.1 cm³/mol. The van der Waals surface area contributed by atoms with Crippen LogP contribution in [0.1, 0.15) is 20.3 Å². The van der Waals surface area contributed by atoms with E-state index in [0.29, 0.717) is 23.8 Å². The van der Waals surface area contributed by atoms with Crippen LogP contribution in [-0.2, 0) is 0 Å². The third-order valence-corrected chi connectivity index (χ3v) is 3.52. The van der Waals surface area contributed by atoms with Crippen molar-refractivity contribution in [2.75, 3.05) is 25.6 Å². The van der Waals surface area contributed by atoms with Gasteiger partial charge in [-0.05, 0) is 24.8 Å². The van der Waals surface area contributed by atoms with Crippen molar-refractivity contribution < 1.29 is 5.11 Å². The first-order chi connectivity index (χ1) is 6.19. The molecule has 3 atom stereocenters. The average Bonchev–Trinajstić information content (AvgIpc) is 2.46. The number of likely N-dealkylation sites (tertiary alicyclic amines) is 1. The summed E-state index contributed by atoms with van der Waals surface area (Å²) in [5.41, 5.74) is 0. The lowest BCUT2D eigenvalue weighted by molar-refractivity contribution is 0.129. The molecule has 0 aromatic carbocycles. The Bertz CT molecular complexity index is 154. The second-order valence-corrected chi connectivity index (χ2v) is 4.58. The average molecular weight is 206 g/mol. The quantitative estimate of drug-likeness (QED) is 0.705. The summed E-state index contributed by atoms with van der Waals surface area (Å²) in [4.78, 5) is 2.37. The van der Waals surface area contributed by atoms with E-state index in [1.54, 1.807) is 0 Å². The topological polar surface area (TPSA) is 23.5 Å². The summed E-state index contributed by atoms with van der Waals surface area (Å²) in [5, 5.41) is 9.22. The van der Waals surface area contributed by atoms with Crippen molar-refractivity contribution in [1.29, 1.82) is 0 Å². The second kappa shape index (κ2) is 5.18. The summed E-state index contributed by atoms with van der Waals surface area (Å²) < 4.78 is 0. The van der Waals surface area contributed by atoms with E-state index in [1.165, 1.54) is 6.42 Å². The Morgan fingerprint density at radius 1 is 1.62 bits per heavy atom. The minimum Gasteiger partial charge on any atom is -0.395 e. The zero-order chi connectivity index (χ0) is 9.84. The lowest BCUT2D eigenvalue weighted by Gasteiger charge is -2.27. The van der Waals surface area contributed by atoms with Gasteiger partial charge in [-0.15, -0.1) is 11.6 Å². The monoisotopic (exact) mass is 205 g/mol. The van der Waals surface area contributed by atoms with E-state index in [-0.39, 0.29) is 6.61 Å². The Hall–Kier alpha value is 0.210. The molecule has 1 N–H and O–H groups in total. The van der Waals surface area contributed by atoms with Crippen LogP contribution in [0.5, 0.6) is 0 Å². The van der Waals surface area contributed by atoms with Crippen molar-refractivity contribution in [2.24, 2.45) is 11.8 Å². The van der Waals surface area contributed by atoms with Gasteiger partial charge >= 0.3 is 0 Å².